The summed E-state index contributed by atoms with van der Waals surface area (Å²) in [5.74, 6) is 1.46. The Balaban J connectivity index is 1.80. The zero-order chi connectivity index (χ0) is 24.3. The highest BCUT2D eigenvalue weighted by Gasteiger charge is 2.45. The number of tetrazole rings is 1. The van der Waals surface area contributed by atoms with Gasteiger partial charge in [-0.2, -0.15) is 5.10 Å². The van der Waals surface area contributed by atoms with Crippen LogP contribution in [0.4, 0.5) is 0 Å². The lowest BCUT2D eigenvalue weighted by molar-refractivity contribution is -0.0352. The highest BCUT2D eigenvalue weighted by Crippen LogP contribution is 2.42. The van der Waals surface area contributed by atoms with Gasteiger partial charge in [-0.3, -0.25) is 4.90 Å². The van der Waals surface area contributed by atoms with Crippen molar-refractivity contribution in [2.24, 2.45) is 5.41 Å². The van der Waals surface area contributed by atoms with Gasteiger partial charge < -0.3 is 9.47 Å². The number of morpholine rings is 1. The van der Waals surface area contributed by atoms with Crippen LogP contribution < -0.4 is 4.74 Å². The molecule has 11 heteroatoms. The van der Waals surface area contributed by atoms with E-state index in [9.17, 15) is 0 Å². The van der Waals surface area contributed by atoms with E-state index in [4.69, 9.17) is 21.1 Å². The summed E-state index contributed by atoms with van der Waals surface area (Å²) in [5.41, 5.74) is -0.670. The van der Waals surface area contributed by atoms with Crippen LogP contribution in [-0.4, -0.2) is 66.2 Å². The molecule has 10 nitrogen and oxygen atoms in total. The number of nitrogens with zero attached hydrogens (tertiary/aromatic N) is 8. The molecule has 0 saturated carbocycles. The molecule has 0 amide bonds. The largest absolute Gasteiger partial charge is 0.466 e. The first-order valence-corrected chi connectivity index (χ1v) is 12.0. The average molecular weight is 489 g/mol. The van der Waals surface area contributed by atoms with Gasteiger partial charge in [-0.1, -0.05) is 39.3 Å². The first-order valence-electron chi connectivity index (χ1n) is 11.6. The van der Waals surface area contributed by atoms with Crippen molar-refractivity contribution < 1.29 is 9.47 Å². The summed E-state index contributed by atoms with van der Waals surface area (Å²) in [6.45, 7) is 13.9. The first kappa shape index (κ1) is 24.6. The number of rotatable bonds is 8. The van der Waals surface area contributed by atoms with Gasteiger partial charge in [-0.05, 0) is 53.5 Å². The fourth-order valence-electron chi connectivity index (χ4n) is 4.50. The smallest absolute Gasteiger partial charge is 0.215 e. The van der Waals surface area contributed by atoms with E-state index in [1.165, 1.54) is 6.33 Å². The molecule has 2 aromatic heterocycles. The standard InChI is InChI=1S/C23H33ClN8O2/c1-6-23(5,30-11-13-33-14-12-30)21-27-28-29-32(21)19(22(2,3)4)20(31-16-25-15-26-31)34-18-9-7-17(24)8-10-18/h7-10,15-16,19-20H,6,11-14H2,1-5H3. The third kappa shape index (κ3) is 4.94. The number of hydrogen-bond acceptors (Lipinski definition) is 8. The van der Waals surface area contributed by atoms with Gasteiger partial charge in [0.2, 0.25) is 6.23 Å². The van der Waals surface area contributed by atoms with Gasteiger partial charge in [0.05, 0.1) is 18.8 Å². The summed E-state index contributed by atoms with van der Waals surface area (Å²) < 4.78 is 15.8. The second kappa shape index (κ2) is 9.97. The molecule has 1 fully saturated rings. The van der Waals surface area contributed by atoms with E-state index in [2.05, 4.69) is 65.1 Å². The van der Waals surface area contributed by atoms with E-state index in [1.54, 1.807) is 23.1 Å². The quantitative estimate of drug-likeness (QED) is 0.473. The van der Waals surface area contributed by atoms with Crippen LogP contribution in [0.15, 0.2) is 36.9 Å². The SMILES string of the molecule is CCC(C)(c1nnnn1C(C(Oc1ccc(Cl)cc1)n1cncn1)C(C)(C)C)N1CCOCC1. The Labute approximate surface area is 205 Å². The van der Waals surface area contributed by atoms with Crippen LogP contribution in [0.2, 0.25) is 5.02 Å². The van der Waals surface area contributed by atoms with Gasteiger partial charge in [0.25, 0.3) is 0 Å². The van der Waals surface area contributed by atoms with Crippen molar-refractivity contribution in [2.75, 3.05) is 26.3 Å². The Bertz CT molecular complexity index is 1040. The molecule has 0 radical (unpaired) electrons. The van der Waals surface area contributed by atoms with E-state index in [0.29, 0.717) is 24.0 Å². The maximum Gasteiger partial charge on any atom is 0.215 e. The second-order valence-electron chi connectivity index (χ2n) is 9.82. The third-order valence-electron chi connectivity index (χ3n) is 6.56. The van der Waals surface area contributed by atoms with Crippen molar-refractivity contribution in [1.29, 1.82) is 0 Å². The Morgan fingerprint density at radius 3 is 2.41 bits per heavy atom. The molecule has 1 aliphatic rings. The molecule has 0 aliphatic carbocycles. The van der Waals surface area contributed by atoms with Crippen molar-refractivity contribution in [3.05, 3.63) is 47.8 Å². The molecule has 4 rings (SSSR count). The predicted octanol–water partition coefficient (Wildman–Crippen LogP) is 3.74. The zero-order valence-electron chi connectivity index (χ0n) is 20.4. The van der Waals surface area contributed by atoms with Crippen LogP contribution in [0.1, 0.15) is 59.1 Å². The van der Waals surface area contributed by atoms with E-state index < -0.39 is 6.23 Å². The molecular formula is C23H33ClN8O2. The lowest BCUT2D eigenvalue weighted by atomic mass is 9.84. The molecule has 3 aromatic rings. The van der Waals surface area contributed by atoms with Crippen LogP contribution in [-0.2, 0) is 10.3 Å². The van der Waals surface area contributed by atoms with Gasteiger partial charge in [-0.15, -0.1) is 5.10 Å². The first-order chi connectivity index (χ1) is 16.2. The van der Waals surface area contributed by atoms with Crippen LogP contribution in [0, 0.1) is 5.41 Å². The lowest BCUT2D eigenvalue weighted by Crippen LogP contribution is -2.51. The minimum absolute atomic E-state index is 0.299. The van der Waals surface area contributed by atoms with Crippen molar-refractivity contribution >= 4 is 11.6 Å². The number of halogens is 1. The van der Waals surface area contributed by atoms with Crippen LogP contribution >= 0.6 is 11.6 Å². The summed E-state index contributed by atoms with van der Waals surface area (Å²) in [6.07, 6.45) is 3.44. The van der Waals surface area contributed by atoms with Crippen molar-refractivity contribution in [2.45, 2.75) is 58.8 Å². The van der Waals surface area contributed by atoms with Crippen LogP contribution in [0.25, 0.3) is 0 Å². The number of aromatic nitrogens is 7. The molecular weight excluding hydrogens is 456 g/mol. The molecule has 1 aliphatic heterocycles. The maximum atomic E-state index is 6.52. The van der Waals surface area contributed by atoms with E-state index in [-0.39, 0.29) is 17.0 Å². The topological polar surface area (TPSA) is 96.0 Å². The molecule has 0 bridgehead atoms. The Morgan fingerprint density at radius 2 is 1.82 bits per heavy atom. The maximum absolute atomic E-state index is 6.52. The number of ether oxygens (including phenoxy) is 2. The monoisotopic (exact) mass is 488 g/mol. The summed E-state index contributed by atoms with van der Waals surface area (Å²) >= 11 is 6.10. The summed E-state index contributed by atoms with van der Waals surface area (Å²) in [7, 11) is 0. The highest BCUT2D eigenvalue weighted by molar-refractivity contribution is 6.30. The fraction of sp³-hybridized carbons (Fsp3) is 0.609. The van der Waals surface area contributed by atoms with E-state index >= 15 is 0 Å². The highest BCUT2D eigenvalue weighted by atomic mass is 35.5. The van der Waals surface area contributed by atoms with Gasteiger partial charge >= 0.3 is 0 Å². The Kier molecular flexibility index (Phi) is 7.20. The number of hydrogen-bond donors (Lipinski definition) is 0. The average Bonchev–Trinajstić information content (AvgIpc) is 3.52. The number of benzene rings is 1. The molecule has 3 unspecified atom stereocenters. The Hall–Kier alpha value is -2.56. The summed E-state index contributed by atoms with van der Waals surface area (Å²) in [4.78, 5) is 6.58. The van der Waals surface area contributed by atoms with E-state index in [1.807, 2.05) is 16.8 Å². The van der Waals surface area contributed by atoms with Crippen LogP contribution in [0.5, 0.6) is 5.75 Å². The van der Waals surface area contributed by atoms with Gasteiger partial charge in [0, 0.05) is 18.1 Å². The summed E-state index contributed by atoms with van der Waals surface area (Å²) in [6, 6.07) is 6.99. The lowest BCUT2D eigenvalue weighted by Gasteiger charge is -2.44. The molecule has 0 N–H and O–H groups in total. The molecule has 34 heavy (non-hydrogen) atoms. The fourth-order valence-corrected chi connectivity index (χ4v) is 4.62. The second-order valence-corrected chi connectivity index (χ2v) is 10.3. The molecule has 3 atom stereocenters. The van der Waals surface area contributed by atoms with Crippen molar-refractivity contribution in [3.63, 3.8) is 0 Å². The zero-order valence-corrected chi connectivity index (χ0v) is 21.2. The third-order valence-corrected chi connectivity index (χ3v) is 6.81. The van der Waals surface area contributed by atoms with Crippen molar-refractivity contribution in [1.82, 2.24) is 39.9 Å². The van der Waals surface area contributed by atoms with Crippen LogP contribution in [0.3, 0.4) is 0 Å². The molecule has 1 saturated heterocycles. The molecule has 0 spiro atoms. The van der Waals surface area contributed by atoms with Gasteiger partial charge in [-0.25, -0.2) is 14.3 Å². The van der Waals surface area contributed by atoms with E-state index in [0.717, 1.165) is 25.3 Å². The summed E-state index contributed by atoms with van der Waals surface area (Å²) in [5, 5.41) is 18.3. The van der Waals surface area contributed by atoms with Crippen molar-refractivity contribution in [3.8, 4) is 5.75 Å². The minimum Gasteiger partial charge on any atom is -0.466 e. The molecule has 184 valence electrons. The van der Waals surface area contributed by atoms with Gasteiger partial charge in [0.15, 0.2) is 5.82 Å². The molecule has 1 aromatic carbocycles. The minimum atomic E-state index is -0.559. The normalized spacial score (nSPS) is 18.9. The Morgan fingerprint density at radius 1 is 1.12 bits per heavy atom. The van der Waals surface area contributed by atoms with Gasteiger partial charge in [0.1, 0.15) is 24.4 Å². The predicted molar refractivity (Wildman–Crippen MR) is 127 cm³/mol. The molecule has 3 heterocycles.